The normalized spacial score (nSPS) is 22.1. The van der Waals surface area contributed by atoms with Gasteiger partial charge in [0.15, 0.2) is 0 Å². The minimum Gasteiger partial charge on any atom is -0.376 e. The standard InChI is InChI=1S/C9H19O4PS/c1-3-11-14(15,12-4-2)13-8-9-6-5-7-10-9/h9H,3-8H2,1-2H3. The summed E-state index contributed by atoms with van der Waals surface area (Å²) in [5.41, 5.74) is 0. The molecule has 0 bridgehead atoms. The fourth-order valence-corrected chi connectivity index (χ4v) is 3.40. The van der Waals surface area contributed by atoms with E-state index in [4.69, 9.17) is 30.1 Å². The Bertz CT molecular complexity index is 208. The molecule has 1 saturated heterocycles. The van der Waals surface area contributed by atoms with E-state index in [1.54, 1.807) is 0 Å². The Morgan fingerprint density at radius 2 is 1.93 bits per heavy atom. The van der Waals surface area contributed by atoms with Crippen LogP contribution in [-0.4, -0.2) is 32.5 Å². The van der Waals surface area contributed by atoms with E-state index in [0.717, 1.165) is 19.4 Å². The maximum Gasteiger partial charge on any atom is 0.327 e. The molecule has 0 aliphatic carbocycles. The third kappa shape index (κ3) is 4.89. The molecule has 0 amide bonds. The minimum atomic E-state index is -2.52. The van der Waals surface area contributed by atoms with Crippen molar-refractivity contribution in [1.29, 1.82) is 0 Å². The fourth-order valence-electron chi connectivity index (χ4n) is 1.38. The van der Waals surface area contributed by atoms with Crippen molar-refractivity contribution in [2.24, 2.45) is 0 Å². The van der Waals surface area contributed by atoms with E-state index in [0.29, 0.717) is 19.8 Å². The van der Waals surface area contributed by atoms with Gasteiger partial charge in [-0.2, -0.15) is 0 Å². The lowest BCUT2D eigenvalue weighted by molar-refractivity contribution is 0.0541. The average molecular weight is 254 g/mol. The van der Waals surface area contributed by atoms with Crippen molar-refractivity contribution >= 4 is 18.5 Å². The first kappa shape index (κ1) is 13.6. The summed E-state index contributed by atoms with van der Waals surface area (Å²) in [5, 5.41) is 0. The van der Waals surface area contributed by atoms with Crippen molar-refractivity contribution in [3.8, 4) is 0 Å². The van der Waals surface area contributed by atoms with E-state index in [-0.39, 0.29) is 6.10 Å². The highest BCUT2D eigenvalue weighted by atomic mass is 32.5. The Labute approximate surface area is 96.5 Å². The van der Waals surface area contributed by atoms with Gasteiger partial charge in [-0.3, -0.25) is 0 Å². The van der Waals surface area contributed by atoms with E-state index < -0.39 is 6.72 Å². The van der Waals surface area contributed by atoms with Crippen LogP contribution in [0.4, 0.5) is 0 Å². The molecule has 1 atom stereocenters. The molecule has 1 aliphatic heterocycles. The second-order valence-electron chi connectivity index (χ2n) is 3.21. The summed E-state index contributed by atoms with van der Waals surface area (Å²) < 4.78 is 21.7. The second-order valence-corrected chi connectivity index (χ2v) is 6.22. The molecule has 0 aromatic rings. The second kappa shape index (κ2) is 6.94. The van der Waals surface area contributed by atoms with Crippen LogP contribution < -0.4 is 0 Å². The topological polar surface area (TPSA) is 36.9 Å². The Morgan fingerprint density at radius 1 is 1.27 bits per heavy atom. The highest BCUT2D eigenvalue weighted by Crippen LogP contribution is 2.49. The molecule has 1 unspecified atom stereocenters. The van der Waals surface area contributed by atoms with Gasteiger partial charge in [-0.15, -0.1) is 0 Å². The van der Waals surface area contributed by atoms with Gasteiger partial charge in [0.1, 0.15) is 0 Å². The monoisotopic (exact) mass is 254 g/mol. The van der Waals surface area contributed by atoms with Crippen LogP contribution in [0.2, 0.25) is 0 Å². The Kier molecular flexibility index (Phi) is 6.27. The van der Waals surface area contributed by atoms with Crippen LogP contribution in [0.1, 0.15) is 26.7 Å². The average Bonchev–Trinajstić information content (AvgIpc) is 2.68. The summed E-state index contributed by atoms with van der Waals surface area (Å²) in [6.45, 7) is 3.59. The van der Waals surface area contributed by atoms with Crippen molar-refractivity contribution in [2.75, 3.05) is 26.4 Å². The largest absolute Gasteiger partial charge is 0.376 e. The highest BCUT2D eigenvalue weighted by Gasteiger charge is 2.23. The summed E-state index contributed by atoms with van der Waals surface area (Å²) in [5.74, 6) is 0. The summed E-state index contributed by atoms with van der Waals surface area (Å²) >= 11 is 5.22. The third-order valence-corrected chi connectivity index (χ3v) is 4.58. The van der Waals surface area contributed by atoms with Gasteiger partial charge in [0.2, 0.25) is 0 Å². The zero-order chi connectivity index (χ0) is 11.1. The van der Waals surface area contributed by atoms with E-state index in [1.807, 2.05) is 13.8 Å². The molecule has 1 aliphatic rings. The molecule has 1 fully saturated rings. The van der Waals surface area contributed by atoms with Crippen molar-refractivity contribution in [2.45, 2.75) is 32.8 Å². The minimum absolute atomic E-state index is 0.160. The van der Waals surface area contributed by atoms with Gasteiger partial charge in [-0.05, 0) is 38.5 Å². The van der Waals surface area contributed by atoms with Crippen molar-refractivity contribution in [3.05, 3.63) is 0 Å². The lowest BCUT2D eigenvalue weighted by atomic mass is 10.2. The molecular weight excluding hydrogens is 235 g/mol. The molecule has 90 valence electrons. The quantitative estimate of drug-likeness (QED) is 0.652. The third-order valence-electron chi connectivity index (χ3n) is 2.02. The number of ether oxygens (including phenoxy) is 1. The zero-order valence-electron chi connectivity index (χ0n) is 9.31. The van der Waals surface area contributed by atoms with Crippen LogP contribution in [0, 0.1) is 0 Å². The summed E-state index contributed by atoms with van der Waals surface area (Å²) in [6, 6.07) is 0. The van der Waals surface area contributed by atoms with Crippen LogP contribution in [0.5, 0.6) is 0 Å². The van der Waals surface area contributed by atoms with Gasteiger partial charge in [0, 0.05) is 6.61 Å². The number of rotatable bonds is 7. The summed E-state index contributed by atoms with van der Waals surface area (Å²) in [4.78, 5) is 0. The lowest BCUT2D eigenvalue weighted by Gasteiger charge is -2.21. The maximum absolute atomic E-state index is 5.55. The summed E-state index contributed by atoms with van der Waals surface area (Å²) in [6.07, 6.45) is 2.29. The Hall–Kier alpha value is 0.490. The van der Waals surface area contributed by atoms with Gasteiger partial charge in [-0.25, -0.2) is 0 Å². The van der Waals surface area contributed by atoms with Gasteiger partial charge in [0.05, 0.1) is 25.9 Å². The molecule has 0 radical (unpaired) electrons. The van der Waals surface area contributed by atoms with Crippen LogP contribution in [0.15, 0.2) is 0 Å². The molecule has 6 heteroatoms. The highest BCUT2D eigenvalue weighted by molar-refractivity contribution is 8.07. The molecule has 0 aromatic carbocycles. The van der Waals surface area contributed by atoms with Crippen LogP contribution in [0.25, 0.3) is 0 Å². The van der Waals surface area contributed by atoms with Crippen LogP contribution in [-0.2, 0) is 30.1 Å². The van der Waals surface area contributed by atoms with E-state index in [2.05, 4.69) is 0 Å². The Balaban J connectivity index is 2.32. The maximum atomic E-state index is 5.55. The van der Waals surface area contributed by atoms with Gasteiger partial charge >= 0.3 is 6.72 Å². The molecule has 0 aromatic heterocycles. The van der Waals surface area contributed by atoms with Crippen molar-refractivity contribution < 1.29 is 18.3 Å². The first-order valence-electron chi connectivity index (χ1n) is 5.35. The predicted octanol–water partition coefficient (Wildman–Crippen LogP) is 2.48. The molecule has 1 heterocycles. The molecule has 0 saturated carbocycles. The first-order valence-corrected chi connectivity index (χ1v) is 7.91. The van der Waals surface area contributed by atoms with Crippen LogP contribution >= 0.6 is 6.72 Å². The van der Waals surface area contributed by atoms with E-state index in [9.17, 15) is 0 Å². The lowest BCUT2D eigenvalue weighted by Crippen LogP contribution is -2.14. The number of hydrogen-bond acceptors (Lipinski definition) is 5. The van der Waals surface area contributed by atoms with E-state index >= 15 is 0 Å². The molecular formula is C9H19O4PS. The van der Waals surface area contributed by atoms with E-state index in [1.165, 1.54) is 0 Å². The summed E-state index contributed by atoms with van der Waals surface area (Å²) in [7, 11) is 0. The van der Waals surface area contributed by atoms with Crippen molar-refractivity contribution in [1.82, 2.24) is 0 Å². The van der Waals surface area contributed by atoms with Crippen molar-refractivity contribution in [3.63, 3.8) is 0 Å². The molecule has 4 nitrogen and oxygen atoms in total. The van der Waals surface area contributed by atoms with Gasteiger partial charge < -0.3 is 18.3 Å². The van der Waals surface area contributed by atoms with Crippen LogP contribution in [0.3, 0.4) is 0 Å². The molecule has 1 rings (SSSR count). The number of hydrogen-bond donors (Lipinski definition) is 0. The smallest absolute Gasteiger partial charge is 0.327 e. The zero-order valence-corrected chi connectivity index (χ0v) is 11.0. The molecule has 0 N–H and O–H groups in total. The molecule has 0 spiro atoms. The van der Waals surface area contributed by atoms with Gasteiger partial charge in [0.25, 0.3) is 0 Å². The Morgan fingerprint density at radius 3 is 2.40 bits per heavy atom. The van der Waals surface area contributed by atoms with Gasteiger partial charge in [-0.1, -0.05) is 0 Å². The first-order chi connectivity index (χ1) is 7.20. The SMILES string of the molecule is CCOP(=S)(OCC)OCC1CCCO1. The predicted molar refractivity (Wildman–Crippen MR) is 62.5 cm³/mol. The molecule has 15 heavy (non-hydrogen) atoms. The fraction of sp³-hybridized carbons (Fsp3) is 1.00.